The van der Waals surface area contributed by atoms with E-state index in [4.69, 9.17) is 0 Å². The maximum atomic E-state index is 9.75. The molecule has 0 fully saturated rings. The SMILES string of the molecule is OCC1(c2cccc3c2[nH]c2ccccc23)C=NN=N1. The average molecular weight is 264 g/mol. The van der Waals surface area contributed by atoms with E-state index in [-0.39, 0.29) is 6.61 Å². The molecule has 1 atom stereocenters. The quantitative estimate of drug-likeness (QED) is 0.733. The number of fused-ring (bicyclic) bond motifs is 3. The van der Waals surface area contributed by atoms with Gasteiger partial charge in [0.05, 0.1) is 18.3 Å². The molecule has 1 aliphatic heterocycles. The monoisotopic (exact) mass is 264 g/mol. The minimum atomic E-state index is -0.875. The van der Waals surface area contributed by atoms with E-state index in [1.165, 1.54) is 0 Å². The number of para-hydroxylation sites is 2. The summed E-state index contributed by atoms with van der Waals surface area (Å²) in [4.78, 5) is 3.41. The number of aromatic nitrogens is 1. The first-order valence-corrected chi connectivity index (χ1v) is 6.41. The molecule has 0 saturated carbocycles. The predicted octanol–water partition coefficient (Wildman–Crippen LogP) is 2.96. The van der Waals surface area contributed by atoms with Crippen LogP contribution in [0.1, 0.15) is 5.56 Å². The van der Waals surface area contributed by atoms with Crippen LogP contribution in [0.4, 0.5) is 0 Å². The van der Waals surface area contributed by atoms with Crippen molar-refractivity contribution in [1.82, 2.24) is 4.98 Å². The van der Waals surface area contributed by atoms with E-state index in [0.717, 1.165) is 27.4 Å². The summed E-state index contributed by atoms with van der Waals surface area (Å²) in [5.74, 6) is 0. The molecule has 20 heavy (non-hydrogen) atoms. The number of hydrogen-bond acceptors (Lipinski definition) is 4. The Labute approximate surface area is 114 Å². The van der Waals surface area contributed by atoms with Crippen molar-refractivity contribution in [2.45, 2.75) is 5.54 Å². The molecule has 2 heterocycles. The highest BCUT2D eigenvalue weighted by Gasteiger charge is 2.35. The maximum Gasteiger partial charge on any atom is 0.170 e. The van der Waals surface area contributed by atoms with Crippen molar-refractivity contribution in [2.24, 2.45) is 15.4 Å². The van der Waals surface area contributed by atoms with E-state index >= 15 is 0 Å². The first-order chi connectivity index (χ1) is 9.84. The van der Waals surface area contributed by atoms with Gasteiger partial charge in [-0.25, -0.2) is 0 Å². The third-order valence-electron chi connectivity index (χ3n) is 3.79. The predicted molar refractivity (Wildman–Crippen MR) is 77.9 cm³/mol. The number of hydrogen-bond donors (Lipinski definition) is 2. The van der Waals surface area contributed by atoms with Gasteiger partial charge in [0.25, 0.3) is 0 Å². The second-order valence-corrected chi connectivity index (χ2v) is 4.92. The Morgan fingerprint density at radius 3 is 2.70 bits per heavy atom. The normalized spacial score (nSPS) is 21.2. The molecule has 0 radical (unpaired) electrons. The molecule has 0 aliphatic carbocycles. The van der Waals surface area contributed by atoms with Gasteiger partial charge in [0.1, 0.15) is 0 Å². The summed E-state index contributed by atoms with van der Waals surface area (Å²) in [6.45, 7) is -0.158. The Hall–Kier alpha value is -2.53. The Kier molecular flexibility index (Phi) is 2.25. The van der Waals surface area contributed by atoms with Crippen LogP contribution >= 0.6 is 0 Å². The molecule has 3 aromatic rings. The molecular formula is C15H12N4O. The van der Waals surface area contributed by atoms with Crippen LogP contribution in [-0.4, -0.2) is 22.9 Å². The second kappa shape index (κ2) is 3.98. The number of aromatic amines is 1. The lowest BCUT2D eigenvalue weighted by Gasteiger charge is -2.19. The third-order valence-corrected chi connectivity index (χ3v) is 3.79. The minimum Gasteiger partial charge on any atom is -0.393 e. The first kappa shape index (κ1) is 11.3. The summed E-state index contributed by atoms with van der Waals surface area (Å²) in [6.07, 6.45) is 1.59. The van der Waals surface area contributed by atoms with E-state index in [1.807, 2.05) is 30.3 Å². The maximum absolute atomic E-state index is 9.75. The highest BCUT2D eigenvalue weighted by Crippen LogP contribution is 2.35. The number of nitrogens with zero attached hydrogens (tertiary/aromatic N) is 3. The van der Waals surface area contributed by atoms with Crippen LogP contribution in [0.5, 0.6) is 0 Å². The average Bonchev–Trinajstić information content (AvgIpc) is 3.12. The second-order valence-electron chi connectivity index (χ2n) is 4.92. The van der Waals surface area contributed by atoms with Gasteiger partial charge >= 0.3 is 0 Å². The lowest BCUT2D eigenvalue weighted by Crippen LogP contribution is -2.28. The van der Waals surface area contributed by atoms with E-state index in [1.54, 1.807) is 6.21 Å². The Balaban J connectivity index is 2.10. The number of aliphatic hydroxyl groups is 1. The van der Waals surface area contributed by atoms with Gasteiger partial charge < -0.3 is 10.1 Å². The molecular weight excluding hydrogens is 252 g/mol. The van der Waals surface area contributed by atoms with Crippen LogP contribution in [-0.2, 0) is 5.54 Å². The molecule has 0 amide bonds. The topological polar surface area (TPSA) is 73.1 Å². The molecule has 0 saturated heterocycles. The van der Waals surface area contributed by atoms with Crippen LogP contribution in [0, 0.1) is 0 Å². The standard InChI is InChI=1S/C15H12N4O/c20-9-15(8-16-19-18-15)12-6-3-5-11-10-4-1-2-7-13(10)17-14(11)12/h1-8,17,20H,9H2. The number of rotatable bonds is 2. The van der Waals surface area contributed by atoms with E-state index in [9.17, 15) is 5.11 Å². The van der Waals surface area contributed by atoms with Crippen molar-refractivity contribution in [3.8, 4) is 0 Å². The zero-order valence-electron chi connectivity index (χ0n) is 10.6. The Morgan fingerprint density at radius 1 is 1.05 bits per heavy atom. The largest absolute Gasteiger partial charge is 0.393 e. The molecule has 2 N–H and O–H groups in total. The van der Waals surface area contributed by atoms with Gasteiger partial charge in [-0.3, -0.25) is 0 Å². The molecule has 1 unspecified atom stereocenters. The van der Waals surface area contributed by atoms with Crippen LogP contribution in [0.3, 0.4) is 0 Å². The summed E-state index contributed by atoms with van der Waals surface area (Å²) in [5.41, 5.74) is 2.05. The number of nitrogens with one attached hydrogen (secondary N) is 1. The number of benzene rings is 2. The fourth-order valence-electron chi connectivity index (χ4n) is 2.77. The fraction of sp³-hybridized carbons (Fsp3) is 0.133. The first-order valence-electron chi connectivity index (χ1n) is 6.41. The van der Waals surface area contributed by atoms with Crippen molar-refractivity contribution in [2.75, 3.05) is 6.61 Å². The van der Waals surface area contributed by atoms with E-state index in [0.29, 0.717) is 0 Å². The molecule has 0 spiro atoms. The van der Waals surface area contributed by atoms with Gasteiger partial charge in [0.2, 0.25) is 0 Å². The molecule has 98 valence electrons. The number of aliphatic hydroxyl groups excluding tert-OH is 1. The van der Waals surface area contributed by atoms with Crippen molar-refractivity contribution >= 4 is 28.0 Å². The summed E-state index contributed by atoms with van der Waals surface area (Å²) in [7, 11) is 0. The van der Waals surface area contributed by atoms with Crippen molar-refractivity contribution in [3.63, 3.8) is 0 Å². The molecule has 1 aliphatic rings. The summed E-state index contributed by atoms with van der Waals surface area (Å²) >= 11 is 0. The zero-order chi connectivity index (χ0) is 13.6. The molecule has 5 heteroatoms. The zero-order valence-corrected chi connectivity index (χ0v) is 10.6. The van der Waals surface area contributed by atoms with Crippen molar-refractivity contribution < 1.29 is 5.11 Å². The van der Waals surface area contributed by atoms with Gasteiger partial charge in [-0.2, -0.15) is 0 Å². The summed E-state index contributed by atoms with van der Waals surface area (Å²) in [6, 6.07) is 14.1. The third kappa shape index (κ3) is 1.38. The number of H-pyrrole nitrogens is 1. The summed E-state index contributed by atoms with van der Waals surface area (Å²) in [5, 5.41) is 23.6. The van der Waals surface area contributed by atoms with Gasteiger partial charge in [-0.05, 0) is 11.3 Å². The van der Waals surface area contributed by atoms with Crippen molar-refractivity contribution in [1.29, 1.82) is 0 Å². The molecule has 0 bridgehead atoms. The van der Waals surface area contributed by atoms with E-state index in [2.05, 4.69) is 32.6 Å². The van der Waals surface area contributed by atoms with Gasteiger partial charge in [0, 0.05) is 21.9 Å². The lowest BCUT2D eigenvalue weighted by molar-refractivity contribution is 0.242. The molecule has 2 aromatic carbocycles. The molecule has 1 aromatic heterocycles. The molecule has 4 rings (SSSR count). The molecule has 5 nitrogen and oxygen atoms in total. The minimum absolute atomic E-state index is 0.158. The van der Waals surface area contributed by atoms with Crippen LogP contribution < -0.4 is 0 Å². The van der Waals surface area contributed by atoms with Crippen LogP contribution in [0.2, 0.25) is 0 Å². The van der Waals surface area contributed by atoms with E-state index < -0.39 is 5.54 Å². The van der Waals surface area contributed by atoms with Crippen molar-refractivity contribution in [3.05, 3.63) is 48.0 Å². The van der Waals surface area contributed by atoms with Crippen LogP contribution in [0.25, 0.3) is 21.8 Å². The van der Waals surface area contributed by atoms with Gasteiger partial charge in [-0.15, -0.1) is 10.2 Å². The summed E-state index contributed by atoms with van der Waals surface area (Å²) < 4.78 is 0. The van der Waals surface area contributed by atoms with Gasteiger partial charge in [-0.1, -0.05) is 36.4 Å². The Bertz CT molecular complexity index is 851. The highest BCUT2D eigenvalue weighted by atomic mass is 16.3. The Morgan fingerprint density at radius 2 is 1.90 bits per heavy atom. The lowest BCUT2D eigenvalue weighted by atomic mass is 9.91. The highest BCUT2D eigenvalue weighted by molar-refractivity contribution is 6.09. The van der Waals surface area contributed by atoms with Crippen LogP contribution in [0.15, 0.2) is 57.9 Å². The van der Waals surface area contributed by atoms with Gasteiger partial charge in [0.15, 0.2) is 5.54 Å². The fourth-order valence-corrected chi connectivity index (χ4v) is 2.77. The smallest absolute Gasteiger partial charge is 0.170 e.